The number of anilines is 1. The number of ether oxygens (including phenoxy) is 2. The highest BCUT2D eigenvalue weighted by atomic mass is 19.1. The molecule has 1 aromatic heterocycles. The van der Waals surface area contributed by atoms with Crippen molar-refractivity contribution in [2.45, 2.75) is 31.8 Å². The molecule has 1 aliphatic rings. The van der Waals surface area contributed by atoms with Gasteiger partial charge in [-0.15, -0.1) is 0 Å². The Labute approximate surface area is 201 Å². The van der Waals surface area contributed by atoms with Crippen LogP contribution in [0.5, 0.6) is 11.5 Å². The maximum absolute atomic E-state index is 14.5. The molecule has 7 heteroatoms. The van der Waals surface area contributed by atoms with Crippen molar-refractivity contribution >= 4 is 16.6 Å². The lowest BCUT2D eigenvalue weighted by Gasteiger charge is -2.32. The molecular formula is C27H35FN4O2. The summed E-state index contributed by atoms with van der Waals surface area (Å²) in [5.74, 6) is 1.79. The van der Waals surface area contributed by atoms with Crippen LogP contribution >= 0.6 is 0 Å². The van der Waals surface area contributed by atoms with E-state index in [4.69, 9.17) is 9.47 Å². The quantitative estimate of drug-likeness (QED) is 0.434. The van der Waals surface area contributed by atoms with Crippen LogP contribution in [0.1, 0.15) is 24.8 Å². The van der Waals surface area contributed by atoms with E-state index in [2.05, 4.69) is 26.2 Å². The van der Waals surface area contributed by atoms with Gasteiger partial charge in [-0.25, -0.2) is 9.37 Å². The molecule has 6 nitrogen and oxygen atoms in total. The van der Waals surface area contributed by atoms with Crippen LogP contribution in [0.15, 0.2) is 48.7 Å². The third-order valence-corrected chi connectivity index (χ3v) is 6.31. The standard InChI is InChI=1S/C27H35FN4O2/c1-31(2)13-4-16-34-26-8-5-20(17-25(26)28)19-32-14-10-22(11-15-32)30-27-24-18-23(33-3)7-6-21(24)9-12-29-27/h5-9,12,17-18,22H,4,10-11,13-16,19H2,1-3H3,(H,29,30). The van der Waals surface area contributed by atoms with Gasteiger partial charge in [-0.2, -0.15) is 0 Å². The van der Waals surface area contributed by atoms with Gasteiger partial charge in [0, 0.05) is 43.8 Å². The van der Waals surface area contributed by atoms with Crippen molar-refractivity contribution in [2.75, 3.05) is 52.8 Å². The van der Waals surface area contributed by atoms with Crippen LogP contribution in [-0.4, -0.2) is 68.3 Å². The predicted octanol–water partition coefficient (Wildman–Crippen LogP) is 4.79. The smallest absolute Gasteiger partial charge is 0.165 e. The minimum Gasteiger partial charge on any atom is -0.497 e. The summed E-state index contributed by atoms with van der Waals surface area (Å²) in [4.78, 5) is 9.05. The average molecular weight is 467 g/mol. The molecule has 1 aliphatic heterocycles. The van der Waals surface area contributed by atoms with E-state index in [9.17, 15) is 4.39 Å². The molecule has 0 bridgehead atoms. The fraction of sp³-hybridized carbons (Fsp3) is 0.444. The Kier molecular flexibility index (Phi) is 8.19. The lowest BCUT2D eigenvalue weighted by atomic mass is 10.0. The second-order valence-corrected chi connectivity index (χ2v) is 9.21. The van der Waals surface area contributed by atoms with Gasteiger partial charge in [0.05, 0.1) is 13.7 Å². The number of likely N-dealkylation sites (tertiary alicyclic amines) is 1. The molecule has 4 rings (SSSR count). The summed E-state index contributed by atoms with van der Waals surface area (Å²) in [5.41, 5.74) is 0.979. The Morgan fingerprint density at radius 1 is 1.12 bits per heavy atom. The van der Waals surface area contributed by atoms with Crippen LogP contribution in [0.25, 0.3) is 10.8 Å². The number of aromatic nitrogens is 1. The molecule has 182 valence electrons. The van der Waals surface area contributed by atoms with Crippen molar-refractivity contribution in [3.63, 3.8) is 0 Å². The van der Waals surface area contributed by atoms with Crippen molar-refractivity contribution in [1.82, 2.24) is 14.8 Å². The van der Waals surface area contributed by atoms with Crippen LogP contribution in [0.2, 0.25) is 0 Å². The largest absolute Gasteiger partial charge is 0.497 e. The molecule has 1 fully saturated rings. The zero-order valence-corrected chi connectivity index (χ0v) is 20.4. The summed E-state index contributed by atoms with van der Waals surface area (Å²) >= 11 is 0. The summed E-state index contributed by atoms with van der Waals surface area (Å²) in [7, 11) is 5.72. The Morgan fingerprint density at radius 3 is 2.68 bits per heavy atom. The topological polar surface area (TPSA) is 49.9 Å². The molecule has 0 spiro atoms. The van der Waals surface area contributed by atoms with Crippen LogP contribution in [0.4, 0.5) is 10.2 Å². The highest BCUT2D eigenvalue weighted by molar-refractivity contribution is 5.92. The van der Waals surface area contributed by atoms with E-state index < -0.39 is 0 Å². The molecule has 3 aromatic rings. The van der Waals surface area contributed by atoms with Crippen molar-refractivity contribution in [2.24, 2.45) is 0 Å². The zero-order valence-electron chi connectivity index (χ0n) is 20.4. The number of piperidine rings is 1. The third-order valence-electron chi connectivity index (χ3n) is 6.31. The Bertz CT molecular complexity index is 1080. The van der Waals surface area contributed by atoms with Gasteiger partial charge in [-0.3, -0.25) is 4.90 Å². The fourth-order valence-electron chi connectivity index (χ4n) is 4.40. The van der Waals surface area contributed by atoms with E-state index in [0.29, 0.717) is 18.4 Å². The van der Waals surface area contributed by atoms with Gasteiger partial charge in [0.2, 0.25) is 0 Å². The van der Waals surface area contributed by atoms with E-state index >= 15 is 0 Å². The molecule has 1 N–H and O–H groups in total. The molecule has 2 aromatic carbocycles. The molecule has 0 amide bonds. The molecule has 1 saturated heterocycles. The number of hydrogen-bond acceptors (Lipinski definition) is 6. The lowest BCUT2D eigenvalue weighted by molar-refractivity contribution is 0.210. The van der Waals surface area contributed by atoms with Gasteiger partial charge in [-0.05, 0) is 74.6 Å². The van der Waals surface area contributed by atoms with Gasteiger partial charge in [0.25, 0.3) is 0 Å². The fourth-order valence-corrected chi connectivity index (χ4v) is 4.40. The monoisotopic (exact) mass is 466 g/mol. The van der Waals surface area contributed by atoms with Gasteiger partial charge in [0.1, 0.15) is 11.6 Å². The predicted molar refractivity (Wildman–Crippen MR) is 135 cm³/mol. The van der Waals surface area contributed by atoms with Crippen molar-refractivity contribution in [3.8, 4) is 11.5 Å². The minimum atomic E-state index is -0.281. The number of nitrogens with one attached hydrogen (secondary N) is 1. The van der Waals surface area contributed by atoms with Crippen molar-refractivity contribution in [3.05, 3.63) is 60.0 Å². The highest BCUT2D eigenvalue weighted by Gasteiger charge is 2.20. The zero-order chi connectivity index (χ0) is 23.9. The minimum absolute atomic E-state index is 0.281. The maximum Gasteiger partial charge on any atom is 0.165 e. The van der Waals surface area contributed by atoms with Crippen LogP contribution in [0.3, 0.4) is 0 Å². The van der Waals surface area contributed by atoms with Crippen LogP contribution in [0, 0.1) is 5.82 Å². The first-order valence-corrected chi connectivity index (χ1v) is 12.0. The lowest BCUT2D eigenvalue weighted by Crippen LogP contribution is -2.38. The molecule has 2 heterocycles. The van der Waals surface area contributed by atoms with Crippen molar-refractivity contribution < 1.29 is 13.9 Å². The molecule has 0 unspecified atom stereocenters. The Hall–Kier alpha value is -2.90. The maximum atomic E-state index is 14.5. The molecule has 0 aliphatic carbocycles. The SMILES string of the molecule is COc1ccc2ccnc(NC3CCN(Cc4ccc(OCCCN(C)C)c(F)c4)CC3)c2c1. The third kappa shape index (κ3) is 6.36. The van der Waals surface area contributed by atoms with E-state index in [1.165, 1.54) is 0 Å². The second kappa shape index (κ2) is 11.5. The Balaban J connectivity index is 1.28. The first-order valence-electron chi connectivity index (χ1n) is 12.0. The van der Waals surface area contributed by atoms with Crippen LogP contribution in [-0.2, 0) is 6.54 Å². The van der Waals surface area contributed by atoms with Gasteiger partial charge < -0.3 is 19.7 Å². The summed E-state index contributed by atoms with van der Waals surface area (Å²) in [6.45, 7) is 4.10. The number of rotatable bonds is 10. The second-order valence-electron chi connectivity index (χ2n) is 9.21. The number of fused-ring (bicyclic) bond motifs is 1. The summed E-state index contributed by atoms with van der Waals surface area (Å²) in [6.07, 6.45) is 4.74. The normalized spacial score (nSPS) is 15.1. The number of hydrogen-bond donors (Lipinski definition) is 1. The summed E-state index contributed by atoms with van der Waals surface area (Å²) in [6, 6.07) is 13.8. The van der Waals surface area contributed by atoms with Crippen LogP contribution < -0.4 is 14.8 Å². The van der Waals surface area contributed by atoms with E-state index in [1.807, 2.05) is 44.6 Å². The summed E-state index contributed by atoms with van der Waals surface area (Å²) in [5, 5.41) is 5.85. The molecular weight excluding hydrogens is 431 g/mol. The Morgan fingerprint density at radius 2 is 1.94 bits per heavy atom. The number of halogens is 1. The van der Waals surface area contributed by atoms with Crippen molar-refractivity contribution in [1.29, 1.82) is 0 Å². The van der Waals surface area contributed by atoms with E-state index in [1.54, 1.807) is 19.2 Å². The number of nitrogens with zero attached hydrogens (tertiary/aromatic N) is 3. The van der Waals surface area contributed by atoms with Gasteiger partial charge in [0.15, 0.2) is 11.6 Å². The number of benzene rings is 2. The number of methoxy groups -OCH3 is 1. The first kappa shape index (κ1) is 24.2. The molecule has 34 heavy (non-hydrogen) atoms. The van der Waals surface area contributed by atoms with E-state index in [-0.39, 0.29) is 5.82 Å². The molecule has 0 saturated carbocycles. The van der Waals surface area contributed by atoms with Gasteiger partial charge >= 0.3 is 0 Å². The first-order chi connectivity index (χ1) is 16.5. The number of pyridine rings is 1. The highest BCUT2D eigenvalue weighted by Crippen LogP contribution is 2.28. The average Bonchev–Trinajstić information content (AvgIpc) is 2.84. The summed E-state index contributed by atoms with van der Waals surface area (Å²) < 4.78 is 25.5. The molecule has 0 atom stereocenters. The van der Waals surface area contributed by atoms with E-state index in [0.717, 1.165) is 73.3 Å². The van der Waals surface area contributed by atoms with Gasteiger partial charge in [-0.1, -0.05) is 12.1 Å². The molecule has 0 radical (unpaired) electrons.